The van der Waals surface area contributed by atoms with Gasteiger partial charge in [-0.25, -0.2) is 0 Å². The quantitative estimate of drug-likeness (QED) is 0.602. The number of hydrogen-bond acceptors (Lipinski definition) is 4. The van der Waals surface area contributed by atoms with E-state index in [1.54, 1.807) is 0 Å². The van der Waals surface area contributed by atoms with Crippen LogP contribution in [0.2, 0.25) is 0 Å². The minimum Gasteiger partial charge on any atom is -0.325 e. The fourth-order valence-electron chi connectivity index (χ4n) is 2.34. The average molecular weight is 417 g/mol. The van der Waals surface area contributed by atoms with Crippen molar-refractivity contribution in [3.05, 3.63) is 59.1 Å². The minimum atomic E-state index is -0.0629. The van der Waals surface area contributed by atoms with Crippen molar-refractivity contribution in [1.82, 2.24) is 14.8 Å². The van der Waals surface area contributed by atoms with Crippen molar-refractivity contribution in [2.24, 2.45) is 0 Å². The van der Waals surface area contributed by atoms with Crippen LogP contribution in [0.1, 0.15) is 6.92 Å². The molecule has 0 radical (unpaired) electrons. The van der Waals surface area contributed by atoms with Crippen molar-refractivity contribution < 1.29 is 4.79 Å². The van der Waals surface area contributed by atoms with Crippen molar-refractivity contribution >= 4 is 39.3 Å². The number of benzene rings is 2. The van der Waals surface area contributed by atoms with Gasteiger partial charge in [-0.1, -0.05) is 58.0 Å². The smallest absolute Gasteiger partial charge is 0.234 e. The summed E-state index contributed by atoms with van der Waals surface area (Å²) in [6.45, 7) is 2.78. The highest BCUT2D eigenvalue weighted by Gasteiger charge is 2.14. The lowest BCUT2D eigenvalue weighted by Crippen LogP contribution is -2.14. The van der Waals surface area contributed by atoms with Gasteiger partial charge in [0, 0.05) is 22.3 Å². The largest absolute Gasteiger partial charge is 0.325 e. The van der Waals surface area contributed by atoms with Crippen LogP contribution in [0.15, 0.2) is 64.2 Å². The number of carbonyl (C=O) groups is 1. The number of rotatable bonds is 6. The second-order valence-corrected chi connectivity index (χ2v) is 7.12. The molecule has 5 nitrogen and oxygen atoms in total. The summed E-state index contributed by atoms with van der Waals surface area (Å²) in [6, 6.07) is 17.4. The zero-order chi connectivity index (χ0) is 17.6. The van der Waals surface area contributed by atoms with Crippen LogP contribution in [0.4, 0.5) is 5.69 Å². The lowest BCUT2D eigenvalue weighted by Gasteiger charge is -2.08. The van der Waals surface area contributed by atoms with Gasteiger partial charge in [0.15, 0.2) is 11.0 Å². The van der Waals surface area contributed by atoms with E-state index in [0.717, 1.165) is 33.2 Å². The van der Waals surface area contributed by atoms with E-state index in [9.17, 15) is 4.79 Å². The molecule has 1 heterocycles. The molecule has 1 aromatic heterocycles. The van der Waals surface area contributed by atoms with Crippen LogP contribution in [0.3, 0.4) is 0 Å². The molecule has 0 aliphatic carbocycles. The molecule has 0 aliphatic heterocycles. The number of nitrogens with zero attached hydrogens (tertiary/aromatic N) is 3. The van der Waals surface area contributed by atoms with Crippen LogP contribution in [0, 0.1) is 0 Å². The van der Waals surface area contributed by atoms with E-state index in [4.69, 9.17) is 0 Å². The Balaban J connectivity index is 1.69. The van der Waals surface area contributed by atoms with E-state index in [1.807, 2.05) is 66.1 Å². The molecule has 25 heavy (non-hydrogen) atoms. The maximum absolute atomic E-state index is 12.1. The molecule has 2 aromatic carbocycles. The van der Waals surface area contributed by atoms with Gasteiger partial charge in [-0.05, 0) is 31.2 Å². The second-order valence-electron chi connectivity index (χ2n) is 5.26. The summed E-state index contributed by atoms with van der Waals surface area (Å²) >= 11 is 4.82. The Morgan fingerprint density at radius 3 is 2.52 bits per heavy atom. The first-order chi connectivity index (χ1) is 12.2. The summed E-state index contributed by atoms with van der Waals surface area (Å²) < 4.78 is 3.04. The fourth-order valence-corrected chi connectivity index (χ4v) is 3.41. The molecule has 0 bridgehead atoms. The van der Waals surface area contributed by atoms with Gasteiger partial charge in [0.25, 0.3) is 0 Å². The van der Waals surface area contributed by atoms with Crippen LogP contribution in [0.25, 0.3) is 11.4 Å². The van der Waals surface area contributed by atoms with E-state index in [1.165, 1.54) is 11.8 Å². The number of anilines is 1. The predicted molar refractivity (Wildman–Crippen MR) is 105 cm³/mol. The van der Waals surface area contributed by atoms with E-state index >= 15 is 0 Å². The van der Waals surface area contributed by atoms with E-state index in [-0.39, 0.29) is 11.7 Å². The monoisotopic (exact) mass is 416 g/mol. The lowest BCUT2D eigenvalue weighted by molar-refractivity contribution is -0.113. The predicted octanol–water partition coefficient (Wildman–Crippen LogP) is 4.46. The molecule has 1 N–H and O–H groups in total. The Morgan fingerprint density at radius 2 is 1.84 bits per heavy atom. The van der Waals surface area contributed by atoms with Gasteiger partial charge in [0.2, 0.25) is 5.91 Å². The number of aromatic nitrogens is 3. The molecule has 0 fully saturated rings. The van der Waals surface area contributed by atoms with Gasteiger partial charge in [0.05, 0.1) is 5.75 Å². The summed E-state index contributed by atoms with van der Waals surface area (Å²) in [5, 5.41) is 12.2. The van der Waals surface area contributed by atoms with Crippen LogP contribution >= 0.6 is 27.7 Å². The Kier molecular flexibility index (Phi) is 5.88. The van der Waals surface area contributed by atoms with Crippen LogP contribution < -0.4 is 5.32 Å². The number of hydrogen-bond donors (Lipinski definition) is 1. The summed E-state index contributed by atoms with van der Waals surface area (Å²) in [4.78, 5) is 12.1. The molecule has 0 unspecified atom stereocenters. The van der Waals surface area contributed by atoms with E-state index in [0.29, 0.717) is 0 Å². The molecule has 0 saturated heterocycles. The lowest BCUT2D eigenvalue weighted by atomic mass is 10.2. The highest BCUT2D eigenvalue weighted by Crippen LogP contribution is 2.25. The van der Waals surface area contributed by atoms with Gasteiger partial charge >= 0.3 is 0 Å². The first kappa shape index (κ1) is 17.7. The highest BCUT2D eigenvalue weighted by molar-refractivity contribution is 9.10. The van der Waals surface area contributed by atoms with Gasteiger partial charge in [-0.3, -0.25) is 4.79 Å². The van der Waals surface area contributed by atoms with Crippen molar-refractivity contribution in [2.45, 2.75) is 18.6 Å². The number of thioether (sulfide) groups is 1. The Morgan fingerprint density at radius 1 is 1.12 bits per heavy atom. The van der Waals surface area contributed by atoms with Crippen molar-refractivity contribution in [3.63, 3.8) is 0 Å². The molecule has 0 atom stereocenters. The third kappa shape index (κ3) is 4.49. The molecular weight excluding hydrogens is 400 g/mol. The van der Waals surface area contributed by atoms with Gasteiger partial charge in [-0.15, -0.1) is 10.2 Å². The zero-order valence-electron chi connectivity index (χ0n) is 13.6. The third-order valence-electron chi connectivity index (χ3n) is 3.53. The second kappa shape index (κ2) is 8.31. The normalized spacial score (nSPS) is 10.6. The number of para-hydroxylation sites is 1. The van der Waals surface area contributed by atoms with E-state index in [2.05, 4.69) is 31.4 Å². The number of nitrogens with one attached hydrogen (secondary N) is 1. The summed E-state index contributed by atoms with van der Waals surface area (Å²) in [7, 11) is 0. The first-order valence-corrected chi connectivity index (χ1v) is 9.62. The van der Waals surface area contributed by atoms with Gasteiger partial charge in [0.1, 0.15) is 0 Å². The molecule has 0 aliphatic rings. The maximum atomic E-state index is 12.1. The number of halogens is 1. The Labute approximate surface area is 159 Å². The molecule has 1 amide bonds. The third-order valence-corrected chi connectivity index (χ3v) is 5.02. The first-order valence-electron chi connectivity index (χ1n) is 7.84. The molecule has 3 rings (SSSR count). The van der Waals surface area contributed by atoms with Crippen molar-refractivity contribution in [3.8, 4) is 11.4 Å². The molecule has 7 heteroatoms. The highest BCUT2D eigenvalue weighted by atomic mass is 79.9. The Hall–Kier alpha value is -2.12. The number of amides is 1. The number of carbonyl (C=O) groups excluding carboxylic acids is 1. The minimum absolute atomic E-state index is 0.0629. The maximum Gasteiger partial charge on any atom is 0.234 e. The fraction of sp³-hybridized carbons (Fsp3) is 0.167. The van der Waals surface area contributed by atoms with Crippen LogP contribution in [-0.2, 0) is 11.3 Å². The topological polar surface area (TPSA) is 59.8 Å². The molecular formula is C18H17BrN4OS. The standard InChI is InChI=1S/C18H17BrN4OS/c1-2-23-17(13-8-10-14(19)11-9-13)21-22-18(23)25-12-16(24)20-15-6-4-3-5-7-15/h3-11H,2,12H2,1H3,(H,20,24). The molecule has 3 aromatic rings. The zero-order valence-corrected chi connectivity index (χ0v) is 16.0. The van der Waals surface area contributed by atoms with Crippen LogP contribution in [0.5, 0.6) is 0 Å². The summed E-state index contributed by atoms with van der Waals surface area (Å²) in [5.41, 5.74) is 1.79. The SMILES string of the molecule is CCn1c(SCC(=O)Nc2ccccc2)nnc1-c1ccc(Br)cc1. The molecule has 0 saturated carbocycles. The average Bonchev–Trinajstić information content (AvgIpc) is 3.04. The van der Waals surface area contributed by atoms with Crippen molar-refractivity contribution in [1.29, 1.82) is 0 Å². The van der Waals surface area contributed by atoms with Crippen molar-refractivity contribution in [2.75, 3.05) is 11.1 Å². The van der Waals surface area contributed by atoms with E-state index < -0.39 is 0 Å². The molecule has 128 valence electrons. The van der Waals surface area contributed by atoms with Crippen LogP contribution in [-0.4, -0.2) is 26.4 Å². The van der Waals surface area contributed by atoms with Gasteiger partial charge in [-0.2, -0.15) is 0 Å². The Bertz CT molecular complexity index is 849. The van der Waals surface area contributed by atoms with Gasteiger partial charge < -0.3 is 9.88 Å². The summed E-state index contributed by atoms with van der Waals surface area (Å²) in [6.07, 6.45) is 0. The summed E-state index contributed by atoms with van der Waals surface area (Å²) in [5.74, 6) is 1.03. The molecule has 0 spiro atoms.